The van der Waals surface area contributed by atoms with Gasteiger partial charge in [-0.2, -0.15) is 0 Å². The van der Waals surface area contributed by atoms with E-state index in [4.69, 9.17) is 4.84 Å². The Kier molecular flexibility index (Phi) is 3.76. The van der Waals surface area contributed by atoms with E-state index >= 15 is 0 Å². The van der Waals surface area contributed by atoms with Crippen molar-refractivity contribution in [2.45, 2.75) is 26.8 Å². The Morgan fingerprint density at radius 2 is 2.17 bits per heavy atom. The molecule has 6 nitrogen and oxygen atoms in total. The van der Waals surface area contributed by atoms with E-state index in [0.29, 0.717) is 19.7 Å². The van der Waals surface area contributed by atoms with Gasteiger partial charge in [0, 0.05) is 18.3 Å². The maximum absolute atomic E-state index is 10.9. The van der Waals surface area contributed by atoms with Gasteiger partial charge in [0.2, 0.25) is 6.41 Å². The average molecular weight is 250 g/mol. The number of aromatic nitrogens is 2. The number of carbonyl (C=O) groups excluding carboxylic acids is 1. The fourth-order valence-electron chi connectivity index (χ4n) is 1.95. The minimum Gasteiger partial charge on any atom is -0.338 e. The van der Waals surface area contributed by atoms with Gasteiger partial charge in [0.1, 0.15) is 5.82 Å². The van der Waals surface area contributed by atoms with Gasteiger partial charge in [-0.1, -0.05) is 0 Å². The average Bonchev–Trinajstić information content (AvgIpc) is 2.49. The molecule has 0 unspecified atom stereocenters. The molecule has 2 rings (SSSR count). The summed E-state index contributed by atoms with van der Waals surface area (Å²) < 4.78 is 0. The predicted octanol–water partition coefficient (Wildman–Crippen LogP) is 0.692. The third-order valence-electron chi connectivity index (χ3n) is 2.94. The van der Waals surface area contributed by atoms with Gasteiger partial charge in [-0.25, -0.2) is 15.0 Å². The summed E-state index contributed by atoms with van der Waals surface area (Å²) in [7, 11) is 0. The molecule has 2 heterocycles. The van der Waals surface area contributed by atoms with Crippen molar-refractivity contribution in [3.8, 4) is 0 Å². The maximum Gasteiger partial charge on any atom is 0.210 e. The molecule has 0 aliphatic carbocycles. The van der Waals surface area contributed by atoms with E-state index in [0.717, 1.165) is 23.7 Å². The summed E-state index contributed by atoms with van der Waals surface area (Å²) in [5.74, 6) is 1.47. The van der Waals surface area contributed by atoms with E-state index in [-0.39, 0.29) is 6.04 Å². The van der Waals surface area contributed by atoms with Crippen LogP contribution >= 0.6 is 0 Å². The Bertz CT molecular complexity index is 418. The standard InChI is InChI=1S/C12H18N4O2/c1-9-6-12(14-11(3)13-9)16-5-4-15(8-17)10(2)7-18-16/h6,8,10H,4-5,7H2,1-3H3/t10-/m1/s1. The third kappa shape index (κ3) is 2.76. The monoisotopic (exact) mass is 250 g/mol. The van der Waals surface area contributed by atoms with Crippen LogP contribution < -0.4 is 5.06 Å². The van der Waals surface area contributed by atoms with Crippen LogP contribution in [0.5, 0.6) is 0 Å². The zero-order valence-corrected chi connectivity index (χ0v) is 11.0. The molecule has 0 saturated carbocycles. The van der Waals surface area contributed by atoms with Gasteiger partial charge in [-0.15, -0.1) is 0 Å². The Balaban J connectivity index is 2.16. The smallest absolute Gasteiger partial charge is 0.210 e. The summed E-state index contributed by atoms with van der Waals surface area (Å²) in [4.78, 5) is 26.9. The van der Waals surface area contributed by atoms with E-state index < -0.39 is 0 Å². The van der Waals surface area contributed by atoms with Crippen molar-refractivity contribution in [3.63, 3.8) is 0 Å². The van der Waals surface area contributed by atoms with Crippen LogP contribution in [0.25, 0.3) is 0 Å². The number of hydrogen-bond acceptors (Lipinski definition) is 5. The van der Waals surface area contributed by atoms with Gasteiger partial charge in [0.25, 0.3) is 0 Å². The first-order valence-electron chi connectivity index (χ1n) is 6.04. The van der Waals surface area contributed by atoms with Crippen molar-refractivity contribution in [2.75, 3.05) is 24.8 Å². The number of amides is 1. The molecule has 18 heavy (non-hydrogen) atoms. The van der Waals surface area contributed by atoms with Crippen molar-refractivity contribution in [2.24, 2.45) is 0 Å². The molecule has 0 N–H and O–H groups in total. The highest BCUT2D eigenvalue weighted by molar-refractivity contribution is 5.48. The summed E-state index contributed by atoms with van der Waals surface area (Å²) >= 11 is 0. The quantitative estimate of drug-likeness (QED) is 0.723. The Morgan fingerprint density at radius 3 is 2.83 bits per heavy atom. The predicted molar refractivity (Wildman–Crippen MR) is 67.0 cm³/mol. The fourth-order valence-corrected chi connectivity index (χ4v) is 1.95. The molecule has 6 heteroatoms. The van der Waals surface area contributed by atoms with Crippen molar-refractivity contribution in [3.05, 3.63) is 17.6 Å². The van der Waals surface area contributed by atoms with E-state index in [9.17, 15) is 4.79 Å². The lowest BCUT2D eigenvalue weighted by atomic mass is 10.3. The number of hydroxylamine groups is 1. The molecule has 1 saturated heterocycles. The van der Waals surface area contributed by atoms with Gasteiger partial charge >= 0.3 is 0 Å². The molecule has 1 aliphatic rings. The van der Waals surface area contributed by atoms with Crippen molar-refractivity contribution in [1.82, 2.24) is 14.9 Å². The van der Waals surface area contributed by atoms with Gasteiger partial charge < -0.3 is 4.90 Å². The van der Waals surface area contributed by atoms with E-state index in [2.05, 4.69) is 9.97 Å². The minimum atomic E-state index is 0.0801. The van der Waals surface area contributed by atoms with Gasteiger partial charge in [-0.05, 0) is 20.8 Å². The first kappa shape index (κ1) is 12.8. The highest BCUT2D eigenvalue weighted by Crippen LogP contribution is 2.16. The summed E-state index contributed by atoms with van der Waals surface area (Å²) in [5, 5.41) is 1.74. The Labute approximate surface area is 107 Å². The first-order chi connectivity index (χ1) is 8.60. The van der Waals surface area contributed by atoms with Crippen LogP contribution in [-0.4, -0.2) is 47.0 Å². The molecule has 1 atom stereocenters. The summed E-state index contributed by atoms with van der Waals surface area (Å²) in [6, 6.07) is 1.96. The molecule has 1 aromatic rings. The molecular formula is C12H18N4O2. The second-order valence-electron chi connectivity index (χ2n) is 4.50. The van der Waals surface area contributed by atoms with Crippen LogP contribution in [0.2, 0.25) is 0 Å². The molecule has 1 amide bonds. The minimum absolute atomic E-state index is 0.0801. The van der Waals surface area contributed by atoms with E-state index in [1.54, 1.807) is 9.96 Å². The van der Waals surface area contributed by atoms with Gasteiger partial charge in [-0.3, -0.25) is 9.63 Å². The van der Waals surface area contributed by atoms with Crippen LogP contribution in [0.15, 0.2) is 6.07 Å². The topological polar surface area (TPSA) is 58.6 Å². The van der Waals surface area contributed by atoms with Crippen LogP contribution in [0.1, 0.15) is 18.4 Å². The van der Waals surface area contributed by atoms with Crippen molar-refractivity contribution >= 4 is 12.2 Å². The zero-order chi connectivity index (χ0) is 13.1. The molecule has 1 aliphatic heterocycles. The lowest BCUT2D eigenvalue weighted by Gasteiger charge is -2.20. The van der Waals surface area contributed by atoms with Crippen molar-refractivity contribution < 1.29 is 9.63 Å². The number of anilines is 1. The van der Waals surface area contributed by atoms with Gasteiger partial charge in [0.05, 0.1) is 19.2 Å². The second kappa shape index (κ2) is 5.30. The summed E-state index contributed by atoms with van der Waals surface area (Å²) in [6.45, 7) is 7.46. The lowest BCUT2D eigenvalue weighted by Crippen LogP contribution is -2.34. The fraction of sp³-hybridized carbons (Fsp3) is 0.583. The molecule has 0 aromatic carbocycles. The Hall–Kier alpha value is -1.69. The molecule has 0 spiro atoms. The third-order valence-corrected chi connectivity index (χ3v) is 2.94. The molecule has 1 fully saturated rings. The molecule has 1 aromatic heterocycles. The largest absolute Gasteiger partial charge is 0.338 e. The Morgan fingerprint density at radius 1 is 1.39 bits per heavy atom. The van der Waals surface area contributed by atoms with Crippen LogP contribution in [-0.2, 0) is 9.63 Å². The summed E-state index contributed by atoms with van der Waals surface area (Å²) in [5.41, 5.74) is 0.908. The van der Waals surface area contributed by atoms with Gasteiger partial charge in [0.15, 0.2) is 5.82 Å². The molecule has 0 radical (unpaired) electrons. The zero-order valence-electron chi connectivity index (χ0n) is 11.0. The van der Waals surface area contributed by atoms with E-state index in [1.165, 1.54) is 0 Å². The van der Waals surface area contributed by atoms with Crippen LogP contribution in [0.4, 0.5) is 5.82 Å². The highest BCUT2D eigenvalue weighted by atomic mass is 16.7. The number of rotatable bonds is 2. The van der Waals surface area contributed by atoms with Crippen molar-refractivity contribution in [1.29, 1.82) is 0 Å². The SMILES string of the molecule is Cc1cc(N2CCN(C=O)[C@H](C)CO2)nc(C)n1. The second-order valence-corrected chi connectivity index (χ2v) is 4.50. The number of aryl methyl sites for hydroxylation is 2. The normalized spacial score (nSPS) is 20.7. The number of hydrogen-bond donors (Lipinski definition) is 0. The van der Waals surface area contributed by atoms with Crippen LogP contribution in [0.3, 0.4) is 0 Å². The number of carbonyl (C=O) groups is 1. The number of nitrogens with zero attached hydrogens (tertiary/aromatic N) is 4. The molecule has 98 valence electrons. The van der Waals surface area contributed by atoms with Crippen LogP contribution in [0, 0.1) is 13.8 Å². The highest BCUT2D eigenvalue weighted by Gasteiger charge is 2.21. The van der Waals surface area contributed by atoms with E-state index in [1.807, 2.05) is 26.8 Å². The molecule has 0 bridgehead atoms. The molecular weight excluding hydrogens is 232 g/mol. The lowest BCUT2D eigenvalue weighted by molar-refractivity contribution is -0.120. The summed E-state index contributed by atoms with van der Waals surface area (Å²) in [6.07, 6.45) is 0.869. The maximum atomic E-state index is 10.9. The first-order valence-corrected chi connectivity index (χ1v) is 6.04.